The normalized spacial score (nSPS) is 11.4. The number of halogens is 2. The van der Waals surface area contributed by atoms with Gasteiger partial charge in [0.15, 0.2) is 0 Å². The topological polar surface area (TPSA) is 117 Å². The summed E-state index contributed by atoms with van der Waals surface area (Å²) in [4.78, 5) is 36.7. The van der Waals surface area contributed by atoms with Crippen LogP contribution in [0.25, 0.3) is 11.1 Å². The highest BCUT2D eigenvalue weighted by Crippen LogP contribution is 2.42. The first kappa shape index (κ1) is 26.8. The molecule has 0 spiro atoms. The first-order chi connectivity index (χ1) is 17.2. The molecule has 0 saturated heterocycles. The molecule has 0 aliphatic heterocycles. The molecule has 0 saturated carbocycles. The van der Waals surface area contributed by atoms with E-state index in [1.807, 2.05) is 0 Å². The first-order valence-electron chi connectivity index (χ1n) is 10.5. The van der Waals surface area contributed by atoms with Crippen LogP contribution >= 0.6 is 23.2 Å². The Labute approximate surface area is 217 Å². The number of nitro groups is 1. The number of esters is 1. The van der Waals surface area contributed by atoms with Gasteiger partial charge in [0, 0.05) is 12.5 Å². The number of hydrogen-bond donors (Lipinski definition) is 1. The van der Waals surface area contributed by atoms with Gasteiger partial charge in [0.1, 0.15) is 17.5 Å². The van der Waals surface area contributed by atoms with Gasteiger partial charge in [-0.05, 0) is 35.9 Å². The zero-order valence-corrected chi connectivity index (χ0v) is 21.1. The third kappa shape index (κ3) is 5.69. The maximum Gasteiger partial charge on any atom is 0.328 e. The van der Waals surface area contributed by atoms with Gasteiger partial charge in [0.2, 0.25) is 0 Å². The van der Waals surface area contributed by atoms with Crippen LogP contribution in [-0.2, 0) is 16.0 Å². The molecule has 1 atom stereocenters. The molecule has 0 bridgehead atoms. The van der Waals surface area contributed by atoms with E-state index in [2.05, 4.69) is 5.32 Å². The lowest BCUT2D eigenvalue weighted by atomic mass is 9.97. The van der Waals surface area contributed by atoms with Crippen molar-refractivity contribution in [2.45, 2.75) is 12.5 Å². The van der Waals surface area contributed by atoms with Gasteiger partial charge < -0.3 is 19.5 Å². The summed E-state index contributed by atoms with van der Waals surface area (Å²) < 4.78 is 15.6. The Morgan fingerprint density at radius 3 is 2.08 bits per heavy atom. The number of hydrogen-bond acceptors (Lipinski definition) is 7. The molecule has 3 aromatic carbocycles. The Balaban J connectivity index is 1.99. The molecule has 11 heteroatoms. The average molecular weight is 533 g/mol. The van der Waals surface area contributed by atoms with Gasteiger partial charge in [-0.15, -0.1) is 0 Å². The van der Waals surface area contributed by atoms with E-state index in [1.165, 1.54) is 45.6 Å². The zero-order valence-electron chi connectivity index (χ0n) is 19.5. The zero-order chi connectivity index (χ0) is 26.4. The fourth-order valence-corrected chi connectivity index (χ4v) is 4.27. The van der Waals surface area contributed by atoms with E-state index in [4.69, 9.17) is 37.4 Å². The quantitative estimate of drug-likeness (QED) is 0.231. The van der Waals surface area contributed by atoms with Crippen LogP contribution in [0.1, 0.15) is 15.9 Å². The van der Waals surface area contributed by atoms with E-state index in [0.29, 0.717) is 22.6 Å². The van der Waals surface area contributed by atoms with E-state index in [0.717, 1.165) is 0 Å². The molecular weight excluding hydrogens is 511 g/mol. The van der Waals surface area contributed by atoms with Gasteiger partial charge in [0.05, 0.1) is 53.0 Å². The highest BCUT2D eigenvalue weighted by atomic mass is 35.5. The second-order valence-corrected chi connectivity index (χ2v) is 8.31. The number of rotatable bonds is 9. The van der Waals surface area contributed by atoms with Crippen molar-refractivity contribution in [3.63, 3.8) is 0 Å². The summed E-state index contributed by atoms with van der Waals surface area (Å²) in [6, 6.07) is 12.9. The lowest BCUT2D eigenvalue weighted by molar-refractivity contribution is -0.384. The molecular formula is C25H22Cl2N2O7. The summed E-state index contributed by atoms with van der Waals surface area (Å²) in [7, 11) is 4.07. The van der Waals surface area contributed by atoms with Crippen molar-refractivity contribution < 1.29 is 28.7 Å². The van der Waals surface area contributed by atoms with Crippen molar-refractivity contribution in [2.75, 3.05) is 21.3 Å². The standard InChI is InChI=1S/C25H22Cl2N2O7/c1-34-20-8-5-9-21(35-2)22(20)15-11-10-14(13-19(15)29(32)33)12-18(25(31)36-3)28-24(30)23-16(26)6-4-7-17(23)27/h4-11,13,18H,12H2,1-3H3,(H,28,30)/t18-/m0/s1. The minimum Gasteiger partial charge on any atom is -0.496 e. The molecule has 1 amide bonds. The van der Waals surface area contributed by atoms with Gasteiger partial charge in [-0.25, -0.2) is 4.79 Å². The van der Waals surface area contributed by atoms with Gasteiger partial charge in [0.25, 0.3) is 11.6 Å². The van der Waals surface area contributed by atoms with E-state index in [9.17, 15) is 19.7 Å². The molecule has 0 fully saturated rings. The van der Waals surface area contributed by atoms with Crippen LogP contribution in [-0.4, -0.2) is 44.2 Å². The van der Waals surface area contributed by atoms with Crippen LogP contribution < -0.4 is 14.8 Å². The van der Waals surface area contributed by atoms with Crippen molar-refractivity contribution in [1.29, 1.82) is 0 Å². The van der Waals surface area contributed by atoms with E-state index >= 15 is 0 Å². The fraction of sp³-hybridized carbons (Fsp3) is 0.200. The van der Waals surface area contributed by atoms with Gasteiger partial charge in [-0.2, -0.15) is 0 Å². The minimum atomic E-state index is -1.17. The molecule has 0 heterocycles. The van der Waals surface area contributed by atoms with Crippen LogP contribution in [0.5, 0.6) is 11.5 Å². The molecule has 9 nitrogen and oxygen atoms in total. The van der Waals surface area contributed by atoms with Crippen LogP contribution in [0.3, 0.4) is 0 Å². The number of amides is 1. The summed E-state index contributed by atoms with van der Waals surface area (Å²) in [6.45, 7) is 0. The molecule has 36 heavy (non-hydrogen) atoms. The second-order valence-electron chi connectivity index (χ2n) is 7.50. The monoisotopic (exact) mass is 532 g/mol. The van der Waals surface area contributed by atoms with Crippen LogP contribution in [0.4, 0.5) is 5.69 Å². The highest BCUT2D eigenvalue weighted by Gasteiger charge is 2.27. The Morgan fingerprint density at radius 2 is 1.56 bits per heavy atom. The van der Waals surface area contributed by atoms with Crippen molar-refractivity contribution >= 4 is 40.8 Å². The molecule has 188 valence electrons. The lowest BCUT2D eigenvalue weighted by Gasteiger charge is -2.18. The van der Waals surface area contributed by atoms with Crippen molar-refractivity contribution in [3.05, 3.63) is 85.9 Å². The number of nitro benzene ring substituents is 1. The molecule has 3 rings (SSSR count). The highest BCUT2D eigenvalue weighted by molar-refractivity contribution is 6.39. The number of nitrogens with one attached hydrogen (secondary N) is 1. The van der Waals surface area contributed by atoms with E-state index in [1.54, 1.807) is 30.3 Å². The SMILES string of the molecule is COC(=O)[C@H](Cc1ccc(-c2c(OC)cccc2OC)c([N+](=O)[O-])c1)NC(=O)c1c(Cl)cccc1Cl. The minimum absolute atomic E-state index is 0.000618. The number of carbonyl (C=O) groups is 2. The van der Waals surface area contributed by atoms with Crippen molar-refractivity contribution in [2.24, 2.45) is 0 Å². The van der Waals surface area contributed by atoms with Crippen LogP contribution in [0, 0.1) is 10.1 Å². The van der Waals surface area contributed by atoms with E-state index in [-0.39, 0.29) is 33.3 Å². The molecule has 1 N–H and O–H groups in total. The smallest absolute Gasteiger partial charge is 0.328 e. The summed E-state index contributed by atoms with van der Waals surface area (Å²) in [5.41, 5.74) is 0.838. The van der Waals surface area contributed by atoms with Crippen LogP contribution in [0.2, 0.25) is 10.0 Å². The summed E-state index contributed by atoms with van der Waals surface area (Å²) in [6.07, 6.45) is -0.0926. The second kappa shape index (κ2) is 11.7. The number of nitrogens with zero attached hydrogens (tertiary/aromatic N) is 1. The molecule has 0 aliphatic rings. The molecule has 0 aliphatic carbocycles. The van der Waals surface area contributed by atoms with Gasteiger partial charge >= 0.3 is 5.97 Å². The molecule has 0 aromatic heterocycles. The first-order valence-corrected chi connectivity index (χ1v) is 11.3. The van der Waals surface area contributed by atoms with Crippen molar-refractivity contribution in [1.82, 2.24) is 5.32 Å². The Kier molecular flexibility index (Phi) is 8.73. The molecule has 0 unspecified atom stereocenters. The Hall–Kier alpha value is -3.82. The molecule has 0 radical (unpaired) electrons. The maximum absolute atomic E-state index is 12.8. The van der Waals surface area contributed by atoms with Crippen molar-refractivity contribution in [3.8, 4) is 22.6 Å². The number of carbonyl (C=O) groups excluding carboxylic acids is 2. The Morgan fingerprint density at radius 1 is 0.972 bits per heavy atom. The third-order valence-electron chi connectivity index (χ3n) is 5.38. The molecule has 3 aromatic rings. The van der Waals surface area contributed by atoms with Gasteiger partial charge in [-0.1, -0.05) is 41.4 Å². The predicted octanol–water partition coefficient (Wildman–Crippen LogP) is 5.10. The number of ether oxygens (including phenoxy) is 3. The largest absolute Gasteiger partial charge is 0.496 e. The number of methoxy groups -OCH3 is 3. The van der Waals surface area contributed by atoms with Crippen LogP contribution in [0.15, 0.2) is 54.6 Å². The average Bonchev–Trinajstić information content (AvgIpc) is 2.87. The predicted molar refractivity (Wildman–Crippen MR) is 135 cm³/mol. The summed E-state index contributed by atoms with van der Waals surface area (Å²) >= 11 is 12.2. The van der Waals surface area contributed by atoms with E-state index < -0.39 is 22.8 Å². The van der Waals surface area contributed by atoms with Gasteiger partial charge in [-0.3, -0.25) is 14.9 Å². The fourth-order valence-electron chi connectivity index (χ4n) is 3.70. The summed E-state index contributed by atoms with van der Waals surface area (Å²) in [5, 5.41) is 14.8. The third-order valence-corrected chi connectivity index (χ3v) is 6.01. The lowest BCUT2D eigenvalue weighted by Crippen LogP contribution is -2.43. The summed E-state index contributed by atoms with van der Waals surface area (Å²) in [5.74, 6) is -0.654. The Bertz CT molecular complexity index is 1270. The maximum atomic E-state index is 12.8. The number of benzene rings is 3.